The van der Waals surface area contributed by atoms with Gasteiger partial charge >= 0.3 is 0 Å². The fourth-order valence-electron chi connectivity index (χ4n) is 2.45. The highest BCUT2D eigenvalue weighted by Crippen LogP contribution is 2.15. The Kier molecular flexibility index (Phi) is 3.66. The highest BCUT2D eigenvalue weighted by molar-refractivity contribution is 5.70. The maximum absolute atomic E-state index is 11.7. The smallest absolute Gasteiger partial charge is 0.280 e. The lowest BCUT2D eigenvalue weighted by molar-refractivity contribution is 0.709. The highest BCUT2D eigenvalue weighted by Gasteiger charge is 2.09. The third-order valence-electron chi connectivity index (χ3n) is 3.78. The zero-order chi connectivity index (χ0) is 15.7. The summed E-state index contributed by atoms with van der Waals surface area (Å²) < 4.78 is 1.86. The summed E-state index contributed by atoms with van der Waals surface area (Å²) in [6, 6.07) is 8.60. The molecule has 0 aliphatic carbocycles. The maximum atomic E-state index is 11.7. The Balaban J connectivity index is 1.80. The first-order chi connectivity index (χ1) is 10.5. The van der Waals surface area contributed by atoms with E-state index in [1.807, 2.05) is 4.57 Å². The van der Waals surface area contributed by atoms with Crippen LogP contribution >= 0.6 is 0 Å². The Bertz CT molecular complexity index is 845. The van der Waals surface area contributed by atoms with Gasteiger partial charge in [-0.15, -0.1) is 0 Å². The van der Waals surface area contributed by atoms with Crippen LogP contribution in [-0.4, -0.2) is 19.5 Å². The summed E-state index contributed by atoms with van der Waals surface area (Å²) in [7, 11) is 0. The van der Waals surface area contributed by atoms with Crippen LogP contribution in [0.5, 0.6) is 0 Å². The Hall–Kier alpha value is -2.63. The van der Waals surface area contributed by atoms with Crippen molar-refractivity contribution in [2.45, 2.75) is 32.7 Å². The van der Waals surface area contributed by atoms with Gasteiger partial charge in [0.05, 0.1) is 6.33 Å². The number of nitrogen functional groups attached to an aromatic ring is 1. The standard InChI is InChI=1S/C16H19N5O/c1-10(2)12-5-3-11(4-6-12)7-8-21-9-18-13-14(21)19-16(17)20-15(13)22/h3-6,9-10H,7-8H2,1-2H3,(H3,17,19,20,22). The van der Waals surface area contributed by atoms with Crippen LogP contribution in [-0.2, 0) is 13.0 Å². The van der Waals surface area contributed by atoms with Crippen LogP contribution in [0.2, 0.25) is 0 Å². The molecule has 0 amide bonds. The minimum absolute atomic E-state index is 0.112. The first kappa shape index (κ1) is 14.3. The Labute approximate surface area is 128 Å². The van der Waals surface area contributed by atoms with E-state index in [2.05, 4.69) is 53.1 Å². The molecule has 22 heavy (non-hydrogen) atoms. The number of aromatic amines is 1. The van der Waals surface area contributed by atoms with E-state index in [4.69, 9.17) is 5.73 Å². The molecule has 0 aliphatic heterocycles. The van der Waals surface area contributed by atoms with E-state index < -0.39 is 0 Å². The topological polar surface area (TPSA) is 89.6 Å². The third kappa shape index (κ3) is 2.72. The van der Waals surface area contributed by atoms with Crippen LogP contribution in [0.15, 0.2) is 35.4 Å². The fraction of sp³-hybridized carbons (Fsp3) is 0.312. The van der Waals surface area contributed by atoms with Crippen molar-refractivity contribution >= 4 is 17.1 Å². The van der Waals surface area contributed by atoms with Gasteiger partial charge in [0.2, 0.25) is 5.95 Å². The molecule has 0 fully saturated rings. The van der Waals surface area contributed by atoms with Crippen molar-refractivity contribution in [2.24, 2.45) is 0 Å². The van der Waals surface area contributed by atoms with E-state index in [0.29, 0.717) is 23.6 Å². The molecule has 2 heterocycles. The van der Waals surface area contributed by atoms with E-state index in [-0.39, 0.29) is 11.5 Å². The molecular weight excluding hydrogens is 278 g/mol. The number of fused-ring (bicyclic) bond motifs is 1. The molecule has 3 rings (SSSR count). The highest BCUT2D eigenvalue weighted by atomic mass is 16.1. The molecule has 0 atom stereocenters. The fourth-order valence-corrected chi connectivity index (χ4v) is 2.45. The van der Waals surface area contributed by atoms with Crippen LogP contribution in [0, 0.1) is 0 Å². The van der Waals surface area contributed by atoms with Crippen molar-refractivity contribution in [1.82, 2.24) is 19.5 Å². The van der Waals surface area contributed by atoms with Gasteiger partial charge in [0.25, 0.3) is 5.56 Å². The molecule has 1 aromatic carbocycles. The summed E-state index contributed by atoms with van der Waals surface area (Å²) in [6.07, 6.45) is 2.48. The van der Waals surface area contributed by atoms with Crippen molar-refractivity contribution in [1.29, 1.82) is 0 Å². The first-order valence-corrected chi connectivity index (χ1v) is 7.34. The lowest BCUT2D eigenvalue weighted by Gasteiger charge is -2.08. The molecule has 6 heteroatoms. The van der Waals surface area contributed by atoms with Crippen molar-refractivity contribution in [3.05, 3.63) is 52.1 Å². The molecule has 3 N–H and O–H groups in total. The molecule has 0 spiro atoms. The van der Waals surface area contributed by atoms with E-state index >= 15 is 0 Å². The Morgan fingerprint density at radius 2 is 2.00 bits per heavy atom. The van der Waals surface area contributed by atoms with Crippen molar-refractivity contribution < 1.29 is 0 Å². The lowest BCUT2D eigenvalue weighted by Crippen LogP contribution is -2.12. The quantitative estimate of drug-likeness (QED) is 0.771. The maximum Gasteiger partial charge on any atom is 0.280 e. The van der Waals surface area contributed by atoms with Gasteiger partial charge in [-0.3, -0.25) is 9.78 Å². The number of hydrogen-bond acceptors (Lipinski definition) is 4. The number of H-pyrrole nitrogens is 1. The predicted octanol–water partition coefficient (Wildman–Crippen LogP) is 2.07. The van der Waals surface area contributed by atoms with E-state index in [0.717, 1.165) is 6.42 Å². The van der Waals surface area contributed by atoms with Gasteiger partial charge < -0.3 is 10.3 Å². The number of aryl methyl sites for hydroxylation is 2. The predicted molar refractivity (Wildman–Crippen MR) is 86.8 cm³/mol. The molecule has 0 aliphatic rings. The zero-order valence-electron chi connectivity index (χ0n) is 12.7. The largest absolute Gasteiger partial charge is 0.369 e. The van der Waals surface area contributed by atoms with E-state index in [1.54, 1.807) is 6.33 Å². The van der Waals surface area contributed by atoms with Crippen LogP contribution in [0.25, 0.3) is 11.2 Å². The molecule has 6 nitrogen and oxygen atoms in total. The number of nitrogens with two attached hydrogens (primary N) is 1. The SMILES string of the molecule is CC(C)c1ccc(CCn2cnc3c(=O)[nH]c(N)nc32)cc1. The van der Waals surface area contributed by atoms with Crippen LogP contribution < -0.4 is 11.3 Å². The van der Waals surface area contributed by atoms with Gasteiger partial charge in [-0.25, -0.2) is 4.98 Å². The average molecular weight is 297 g/mol. The summed E-state index contributed by atoms with van der Waals surface area (Å²) in [5.41, 5.74) is 8.72. The van der Waals surface area contributed by atoms with E-state index in [9.17, 15) is 4.79 Å². The monoisotopic (exact) mass is 297 g/mol. The number of hydrogen-bond donors (Lipinski definition) is 2. The zero-order valence-corrected chi connectivity index (χ0v) is 12.7. The van der Waals surface area contributed by atoms with Crippen molar-refractivity contribution in [2.75, 3.05) is 5.73 Å². The number of imidazole rings is 1. The second-order valence-electron chi connectivity index (χ2n) is 5.71. The van der Waals surface area contributed by atoms with Gasteiger partial charge in [0.1, 0.15) is 0 Å². The van der Waals surface area contributed by atoms with Crippen LogP contribution in [0.4, 0.5) is 5.95 Å². The van der Waals surface area contributed by atoms with Crippen molar-refractivity contribution in [3.8, 4) is 0 Å². The van der Waals surface area contributed by atoms with Gasteiger partial charge in [0, 0.05) is 6.54 Å². The molecule has 0 radical (unpaired) electrons. The second-order valence-corrected chi connectivity index (χ2v) is 5.71. The minimum atomic E-state index is -0.303. The van der Waals surface area contributed by atoms with E-state index in [1.165, 1.54) is 11.1 Å². The summed E-state index contributed by atoms with van der Waals surface area (Å²) in [5, 5.41) is 0. The Morgan fingerprint density at radius 3 is 2.68 bits per heavy atom. The molecule has 3 aromatic rings. The normalized spacial score (nSPS) is 11.4. The van der Waals surface area contributed by atoms with Crippen LogP contribution in [0.1, 0.15) is 30.9 Å². The average Bonchev–Trinajstić information content (AvgIpc) is 2.89. The molecule has 2 aromatic heterocycles. The summed E-state index contributed by atoms with van der Waals surface area (Å²) in [5.74, 6) is 0.645. The molecule has 0 unspecified atom stereocenters. The number of aromatic nitrogens is 4. The minimum Gasteiger partial charge on any atom is -0.369 e. The summed E-state index contributed by atoms with van der Waals surface area (Å²) in [4.78, 5) is 22.5. The summed E-state index contributed by atoms with van der Waals surface area (Å²) >= 11 is 0. The molecule has 0 saturated heterocycles. The second kappa shape index (κ2) is 5.63. The Morgan fingerprint density at radius 1 is 1.27 bits per heavy atom. The first-order valence-electron chi connectivity index (χ1n) is 7.34. The lowest BCUT2D eigenvalue weighted by atomic mass is 10.0. The third-order valence-corrected chi connectivity index (χ3v) is 3.78. The van der Waals surface area contributed by atoms with Gasteiger partial charge in [-0.05, 0) is 23.5 Å². The summed E-state index contributed by atoms with van der Waals surface area (Å²) in [6.45, 7) is 5.06. The van der Waals surface area contributed by atoms with Gasteiger partial charge in [-0.1, -0.05) is 38.1 Å². The van der Waals surface area contributed by atoms with Gasteiger partial charge in [0.15, 0.2) is 11.2 Å². The number of nitrogens with zero attached hydrogens (tertiary/aromatic N) is 3. The number of rotatable bonds is 4. The number of anilines is 1. The molecule has 0 saturated carbocycles. The molecule has 114 valence electrons. The number of benzene rings is 1. The van der Waals surface area contributed by atoms with Crippen LogP contribution in [0.3, 0.4) is 0 Å². The van der Waals surface area contributed by atoms with Crippen molar-refractivity contribution in [3.63, 3.8) is 0 Å². The number of nitrogens with one attached hydrogen (secondary N) is 1. The molecule has 0 bridgehead atoms. The molecular formula is C16H19N5O. The van der Waals surface area contributed by atoms with Gasteiger partial charge in [-0.2, -0.15) is 4.98 Å².